The van der Waals surface area contributed by atoms with Gasteiger partial charge in [0.1, 0.15) is 0 Å². The molecule has 0 unspecified atom stereocenters. The zero-order valence-corrected chi connectivity index (χ0v) is 17.2. The Kier molecular flexibility index (Phi) is 5.76. The lowest BCUT2D eigenvalue weighted by Crippen LogP contribution is -2.41. The number of likely N-dealkylation sites (tertiary alicyclic amines) is 1. The van der Waals surface area contributed by atoms with E-state index in [1.807, 2.05) is 46.7 Å². The first-order valence-corrected chi connectivity index (χ1v) is 10.8. The van der Waals surface area contributed by atoms with Crippen molar-refractivity contribution in [3.63, 3.8) is 0 Å². The fraction of sp³-hybridized carbons (Fsp3) is 0.250. The van der Waals surface area contributed by atoms with Gasteiger partial charge in [0.2, 0.25) is 5.91 Å². The third-order valence-corrected chi connectivity index (χ3v) is 6.32. The first-order chi connectivity index (χ1) is 14.1. The summed E-state index contributed by atoms with van der Waals surface area (Å²) in [6, 6.07) is 19.8. The Bertz CT molecular complexity index is 987. The smallest absolute Gasteiger partial charge is 0.264 e. The lowest BCUT2D eigenvalue weighted by Gasteiger charge is -2.31. The first kappa shape index (κ1) is 19.4. The number of thiophene rings is 1. The summed E-state index contributed by atoms with van der Waals surface area (Å²) in [7, 11) is 0. The van der Waals surface area contributed by atoms with Crippen molar-refractivity contribution in [1.29, 1.82) is 0 Å². The van der Waals surface area contributed by atoms with Gasteiger partial charge < -0.3 is 10.2 Å². The van der Waals surface area contributed by atoms with Gasteiger partial charge in [0, 0.05) is 30.3 Å². The van der Waals surface area contributed by atoms with Crippen LogP contribution in [0.5, 0.6) is 0 Å². The Balaban J connectivity index is 1.39. The van der Waals surface area contributed by atoms with Crippen molar-refractivity contribution in [2.75, 3.05) is 18.4 Å². The second-order valence-corrected chi connectivity index (χ2v) is 8.37. The summed E-state index contributed by atoms with van der Waals surface area (Å²) in [6.45, 7) is 3.27. The van der Waals surface area contributed by atoms with E-state index in [1.54, 1.807) is 0 Å². The standard InChI is InChI=1S/C24H24N2O2S/c1-17-7-9-18(10-8-17)21-13-16-29-22(21)24(28)26-14-11-19(12-15-26)23(27)25-20-5-3-2-4-6-20/h2-10,13,16,19H,11-12,14-15H2,1H3,(H,25,27). The number of aryl methyl sites for hydroxylation is 1. The van der Waals surface area contributed by atoms with E-state index in [9.17, 15) is 9.59 Å². The monoisotopic (exact) mass is 404 g/mol. The molecule has 148 valence electrons. The molecule has 0 spiro atoms. The molecule has 1 aromatic heterocycles. The molecule has 2 aromatic carbocycles. The quantitative estimate of drug-likeness (QED) is 0.649. The normalized spacial score (nSPS) is 14.6. The highest BCUT2D eigenvalue weighted by atomic mass is 32.1. The van der Waals surface area contributed by atoms with Gasteiger partial charge in [0.15, 0.2) is 0 Å². The average molecular weight is 405 g/mol. The maximum absolute atomic E-state index is 13.1. The van der Waals surface area contributed by atoms with E-state index in [0.29, 0.717) is 25.9 Å². The summed E-state index contributed by atoms with van der Waals surface area (Å²) in [6.07, 6.45) is 1.38. The predicted molar refractivity (Wildman–Crippen MR) is 118 cm³/mol. The summed E-state index contributed by atoms with van der Waals surface area (Å²) in [5.41, 5.74) is 4.08. The topological polar surface area (TPSA) is 49.4 Å². The Morgan fingerprint density at radius 2 is 1.66 bits per heavy atom. The molecule has 4 rings (SSSR count). The van der Waals surface area contributed by atoms with Crippen molar-refractivity contribution in [1.82, 2.24) is 4.90 Å². The van der Waals surface area contributed by atoms with Gasteiger partial charge in [-0.3, -0.25) is 9.59 Å². The number of anilines is 1. The molecule has 0 atom stereocenters. The van der Waals surface area contributed by atoms with Crippen molar-refractivity contribution in [3.05, 3.63) is 76.5 Å². The molecule has 1 fully saturated rings. The van der Waals surface area contributed by atoms with E-state index in [4.69, 9.17) is 0 Å². The van der Waals surface area contributed by atoms with Crippen LogP contribution in [0.15, 0.2) is 66.0 Å². The molecule has 2 amide bonds. The van der Waals surface area contributed by atoms with Crippen LogP contribution in [0.1, 0.15) is 28.1 Å². The minimum absolute atomic E-state index is 0.0415. The zero-order chi connectivity index (χ0) is 20.2. The number of nitrogens with one attached hydrogen (secondary N) is 1. The van der Waals surface area contributed by atoms with Crippen LogP contribution < -0.4 is 5.32 Å². The second-order valence-electron chi connectivity index (χ2n) is 7.45. The third-order valence-electron chi connectivity index (χ3n) is 5.42. The lowest BCUT2D eigenvalue weighted by molar-refractivity contribution is -0.121. The molecular weight excluding hydrogens is 380 g/mol. The third kappa shape index (κ3) is 4.40. The molecule has 29 heavy (non-hydrogen) atoms. The number of nitrogens with zero attached hydrogens (tertiary/aromatic N) is 1. The van der Waals surface area contributed by atoms with Crippen LogP contribution in [-0.2, 0) is 4.79 Å². The zero-order valence-electron chi connectivity index (χ0n) is 16.4. The van der Waals surface area contributed by atoms with Gasteiger partial charge in [-0.05, 0) is 48.9 Å². The maximum Gasteiger partial charge on any atom is 0.264 e. The van der Waals surface area contributed by atoms with Crippen LogP contribution in [0.4, 0.5) is 5.69 Å². The van der Waals surface area contributed by atoms with E-state index >= 15 is 0 Å². The first-order valence-electron chi connectivity index (χ1n) is 9.91. The second kappa shape index (κ2) is 8.62. The SMILES string of the molecule is Cc1ccc(-c2ccsc2C(=O)N2CCC(C(=O)Nc3ccccc3)CC2)cc1. The van der Waals surface area contributed by atoms with Crippen LogP contribution in [0.25, 0.3) is 11.1 Å². The molecule has 2 heterocycles. The van der Waals surface area contributed by atoms with E-state index < -0.39 is 0 Å². The van der Waals surface area contributed by atoms with Crippen molar-refractivity contribution >= 4 is 28.8 Å². The average Bonchev–Trinajstić information content (AvgIpc) is 3.24. The van der Waals surface area contributed by atoms with Gasteiger partial charge in [-0.1, -0.05) is 48.0 Å². The predicted octanol–water partition coefficient (Wildman–Crippen LogP) is 5.21. The van der Waals surface area contributed by atoms with Gasteiger partial charge in [0.25, 0.3) is 5.91 Å². The Morgan fingerprint density at radius 1 is 0.966 bits per heavy atom. The van der Waals surface area contributed by atoms with Crippen LogP contribution in [0, 0.1) is 12.8 Å². The molecule has 0 aliphatic carbocycles. The molecule has 5 heteroatoms. The van der Waals surface area contributed by atoms with Crippen molar-refractivity contribution in [3.8, 4) is 11.1 Å². The fourth-order valence-corrected chi connectivity index (χ4v) is 4.57. The number of piperidine rings is 1. The summed E-state index contributed by atoms with van der Waals surface area (Å²) in [5.74, 6) is 0.0522. The minimum Gasteiger partial charge on any atom is -0.338 e. The van der Waals surface area contributed by atoms with Crippen LogP contribution in [-0.4, -0.2) is 29.8 Å². The van der Waals surface area contributed by atoms with E-state index in [0.717, 1.165) is 21.7 Å². The Morgan fingerprint density at radius 3 is 2.34 bits per heavy atom. The number of benzene rings is 2. The number of hydrogen-bond donors (Lipinski definition) is 1. The summed E-state index contributed by atoms with van der Waals surface area (Å²) >= 11 is 1.49. The highest BCUT2D eigenvalue weighted by molar-refractivity contribution is 7.12. The van der Waals surface area contributed by atoms with Crippen LogP contribution in [0.3, 0.4) is 0 Å². The number of rotatable bonds is 4. The lowest BCUT2D eigenvalue weighted by atomic mass is 9.95. The van der Waals surface area contributed by atoms with Crippen molar-refractivity contribution < 1.29 is 9.59 Å². The largest absolute Gasteiger partial charge is 0.338 e. The van der Waals surface area contributed by atoms with Gasteiger partial charge in [-0.2, -0.15) is 0 Å². The van der Waals surface area contributed by atoms with Gasteiger partial charge in [-0.25, -0.2) is 0 Å². The molecule has 3 aromatic rings. The molecule has 0 bridgehead atoms. The highest BCUT2D eigenvalue weighted by Crippen LogP contribution is 2.31. The number of para-hydroxylation sites is 1. The van der Waals surface area contributed by atoms with E-state index in [2.05, 4.69) is 36.5 Å². The molecule has 1 saturated heterocycles. The van der Waals surface area contributed by atoms with Gasteiger partial charge in [-0.15, -0.1) is 11.3 Å². The maximum atomic E-state index is 13.1. The number of carbonyl (C=O) groups is 2. The number of carbonyl (C=O) groups excluding carboxylic acids is 2. The van der Waals surface area contributed by atoms with Gasteiger partial charge >= 0.3 is 0 Å². The molecule has 1 N–H and O–H groups in total. The van der Waals surface area contributed by atoms with E-state index in [1.165, 1.54) is 16.9 Å². The molecule has 4 nitrogen and oxygen atoms in total. The molecule has 0 saturated carbocycles. The summed E-state index contributed by atoms with van der Waals surface area (Å²) in [5, 5.41) is 4.95. The van der Waals surface area contributed by atoms with E-state index in [-0.39, 0.29) is 17.7 Å². The molecule has 1 aliphatic rings. The molecule has 1 aliphatic heterocycles. The number of hydrogen-bond acceptors (Lipinski definition) is 3. The van der Waals surface area contributed by atoms with Crippen LogP contribution in [0.2, 0.25) is 0 Å². The number of amides is 2. The van der Waals surface area contributed by atoms with Gasteiger partial charge in [0.05, 0.1) is 4.88 Å². The summed E-state index contributed by atoms with van der Waals surface area (Å²) in [4.78, 5) is 28.3. The van der Waals surface area contributed by atoms with Crippen LogP contribution >= 0.6 is 11.3 Å². The Labute approximate surface area is 175 Å². The van der Waals surface area contributed by atoms with Crippen molar-refractivity contribution in [2.45, 2.75) is 19.8 Å². The minimum atomic E-state index is -0.0563. The molecular formula is C24H24N2O2S. The Hall–Kier alpha value is -2.92. The summed E-state index contributed by atoms with van der Waals surface area (Å²) < 4.78 is 0. The van der Waals surface area contributed by atoms with Crippen molar-refractivity contribution in [2.24, 2.45) is 5.92 Å². The molecule has 0 radical (unpaired) electrons. The highest BCUT2D eigenvalue weighted by Gasteiger charge is 2.29. The fourth-order valence-electron chi connectivity index (χ4n) is 3.69.